The molecular formula is C14H19FN2O2S. The Labute approximate surface area is 118 Å². The maximum atomic E-state index is 14.8. The SMILES string of the molecule is CS(=O)(=O)c1c(C2CC2)ccc(N2CCNCC2)c1F. The molecule has 1 aromatic rings. The summed E-state index contributed by atoms with van der Waals surface area (Å²) < 4.78 is 38.7. The Hall–Kier alpha value is -1.14. The van der Waals surface area contributed by atoms with Crippen LogP contribution in [0, 0.1) is 5.82 Å². The molecule has 0 spiro atoms. The topological polar surface area (TPSA) is 49.4 Å². The number of hydrogen-bond acceptors (Lipinski definition) is 4. The zero-order valence-electron chi connectivity index (χ0n) is 11.5. The van der Waals surface area contributed by atoms with Crippen molar-refractivity contribution in [1.82, 2.24) is 5.32 Å². The van der Waals surface area contributed by atoms with E-state index in [1.165, 1.54) is 0 Å². The second-order valence-corrected chi connectivity index (χ2v) is 7.55. The van der Waals surface area contributed by atoms with Crippen molar-refractivity contribution in [3.05, 3.63) is 23.5 Å². The van der Waals surface area contributed by atoms with Crippen LogP contribution in [0.2, 0.25) is 0 Å². The van der Waals surface area contributed by atoms with E-state index in [1.54, 1.807) is 12.1 Å². The lowest BCUT2D eigenvalue weighted by atomic mass is 10.1. The average Bonchev–Trinajstić information content (AvgIpc) is 3.22. The van der Waals surface area contributed by atoms with Gasteiger partial charge < -0.3 is 10.2 Å². The fourth-order valence-electron chi connectivity index (χ4n) is 2.80. The summed E-state index contributed by atoms with van der Waals surface area (Å²) in [6.45, 7) is 2.97. The lowest BCUT2D eigenvalue weighted by molar-refractivity contribution is 0.545. The van der Waals surface area contributed by atoms with Gasteiger partial charge in [0.1, 0.15) is 4.90 Å². The molecule has 0 amide bonds. The van der Waals surface area contributed by atoms with E-state index in [-0.39, 0.29) is 10.8 Å². The summed E-state index contributed by atoms with van der Waals surface area (Å²) in [6, 6.07) is 3.54. The second-order valence-electron chi connectivity index (χ2n) is 5.60. The highest BCUT2D eigenvalue weighted by Crippen LogP contribution is 2.44. The van der Waals surface area contributed by atoms with Crippen molar-refractivity contribution in [2.24, 2.45) is 0 Å². The molecular weight excluding hydrogens is 279 g/mol. The number of halogens is 1. The molecule has 0 bridgehead atoms. The Balaban J connectivity index is 2.09. The molecule has 0 aromatic heterocycles. The summed E-state index contributed by atoms with van der Waals surface area (Å²) in [5.74, 6) is -0.356. The van der Waals surface area contributed by atoms with Crippen LogP contribution in [0.4, 0.5) is 10.1 Å². The van der Waals surface area contributed by atoms with Gasteiger partial charge in [-0.15, -0.1) is 0 Å². The van der Waals surface area contributed by atoms with Gasteiger partial charge in [0.05, 0.1) is 5.69 Å². The van der Waals surface area contributed by atoms with Crippen molar-refractivity contribution in [2.45, 2.75) is 23.7 Å². The second kappa shape index (κ2) is 5.00. The minimum absolute atomic E-state index is 0.0870. The van der Waals surface area contributed by atoms with Crippen LogP contribution in [0.1, 0.15) is 24.3 Å². The molecule has 1 aliphatic heterocycles. The Morgan fingerprint density at radius 1 is 1.25 bits per heavy atom. The lowest BCUT2D eigenvalue weighted by Crippen LogP contribution is -2.44. The normalized spacial score (nSPS) is 20.2. The van der Waals surface area contributed by atoms with Crippen LogP contribution < -0.4 is 10.2 Å². The van der Waals surface area contributed by atoms with E-state index in [1.807, 2.05) is 4.90 Å². The van der Waals surface area contributed by atoms with Gasteiger partial charge in [-0.05, 0) is 30.4 Å². The maximum Gasteiger partial charge on any atom is 0.178 e. The van der Waals surface area contributed by atoms with Crippen molar-refractivity contribution < 1.29 is 12.8 Å². The molecule has 0 atom stereocenters. The van der Waals surface area contributed by atoms with Crippen molar-refractivity contribution in [1.29, 1.82) is 0 Å². The first-order chi connectivity index (χ1) is 9.48. The largest absolute Gasteiger partial charge is 0.367 e. The third-order valence-corrected chi connectivity index (χ3v) is 5.11. The standard InChI is InChI=1S/C14H19FN2O2S/c1-20(18,19)14-11(10-2-3-10)4-5-12(13(14)15)17-8-6-16-7-9-17/h4-5,10,16H,2-3,6-9H2,1H3. The smallest absolute Gasteiger partial charge is 0.178 e. The molecule has 2 fully saturated rings. The number of sulfone groups is 1. The summed E-state index contributed by atoms with van der Waals surface area (Å²) in [7, 11) is -3.55. The Bertz CT molecular complexity index is 620. The van der Waals surface area contributed by atoms with Crippen molar-refractivity contribution >= 4 is 15.5 Å². The molecule has 0 unspecified atom stereocenters. The van der Waals surface area contributed by atoms with Gasteiger partial charge in [-0.3, -0.25) is 0 Å². The van der Waals surface area contributed by atoms with E-state index in [2.05, 4.69) is 5.32 Å². The van der Waals surface area contributed by atoms with E-state index in [0.717, 1.165) is 32.2 Å². The Morgan fingerprint density at radius 2 is 1.90 bits per heavy atom. The van der Waals surface area contributed by atoms with Crippen LogP contribution in [-0.2, 0) is 9.84 Å². The molecule has 1 saturated carbocycles. The van der Waals surface area contributed by atoms with E-state index < -0.39 is 15.7 Å². The van der Waals surface area contributed by atoms with Crippen LogP contribution in [-0.4, -0.2) is 40.9 Å². The van der Waals surface area contributed by atoms with E-state index >= 15 is 0 Å². The lowest BCUT2D eigenvalue weighted by Gasteiger charge is -2.30. The predicted octanol–water partition coefficient (Wildman–Crippen LogP) is 1.52. The molecule has 110 valence electrons. The number of rotatable bonds is 3. The minimum atomic E-state index is -3.55. The molecule has 1 N–H and O–H groups in total. The molecule has 1 aliphatic carbocycles. The van der Waals surface area contributed by atoms with Gasteiger partial charge in [-0.25, -0.2) is 12.8 Å². The number of benzene rings is 1. The fraction of sp³-hybridized carbons (Fsp3) is 0.571. The zero-order chi connectivity index (χ0) is 14.3. The molecule has 1 heterocycles. The highest BCUT2D eigenvalue weighted by molar-refractivity contribution is 7.90. The van der Waals surface area contributed by atoms with Gasteiger partial charge in [0.2, 0.25) is 0 Å². The predicted molar refractivity (Wildman–Crippen MR) is 76.6 cm³/mol. The van der Waals surface area contributed by atoms with Crippen LogP contribution in [0.3, 0.4) is 0 Å². The molecule has 0 radical (unpaired) electrons. The quantitative estimate of drug-likeness (QED) is 0.919. The van der Waals surface area contributed by atoms with Crippen LogP contribution in [0.15, 0.2) is 17.0 Å². The number of hydrogen-bond donors (Lipinski definition) is 1. The summed E-state index contributed by atoms with van der Waals surface area (Å²) in [5, 5.41) is 3.21. The molecule has 6 heteroatoms. The first kappa shape index (κ1) is 13.8. The van der Waals surface area contributed by atoms with E-state index in [4.69, 9.17) is 0 Å². The molecule has 20 heavy (non-hydrogen) atoms. The van der Waals surface area contributed by atoms with Crippen LogP contribution in [0.25, 0.3) is 0 Å². The summed E-state index contributed by atoms with van der Waals surface area (Å²) in [4.78, 5) is 1.83. The number of piperazine rings is 1. The van der Waals surface area contributed by atoms with Gasteiger partial charge in [0, 0.05) is 32.4 Å². The first-order valence-corrected chi connectivity index (χ1v) is 8.86. The monoisotopic (exact) mass is 298 g/mol. The molecule has 2 aliphatic rings. The summed E-state index contributed by atoms with van der Waals surface area (Å²) in [6.07, 6.45) is 3.00. The fourth-order valence-corrected chi connectivity index (χ4v) is 3.90. The van der Waals surface area contributed by atoms with Crippen molar-refractivity contribution in [3.8, 4) is 0 Å². The summed E-state index contributed by atoms with van der Waals surface area (Å²) in [5.41, 5.74) is 1.07. The van der Waals surface area contributed by atoms with Gasteiger partial charge in [-0.2, -0.15) is 0 Å². The third kappa shape index (κ3) is 2.54. The molecule has 3 rings (SSSR count). The first-order valence-electron chi connectivity index (χ1n) is 6.96. The highest BCUT2D eigenvalue weighted by Gasteiger charge is 2.33. The van der Waals surface area contributed by atoms with E-state index in [0.29, 0.717) is 24.3 Å². The van der Waals surface area contributed by atoms with Crippen LogP contribution in [0.5, 0.6) is 0 Å². The Kier molecular flexibility index (Phi) is 3.46. The van der Waals surface area contributed by atoms with E-state index in [9.17, 15) is 12.8 Å². The molecule has 1 aromatic carbocycles. The Morgan fingerprint density at radius 3 is 2.45 bits per heavy atom. The maximum absolute atomic E-state index is 14.8. The van der Waals surface area contributed by atoms with Gasteiger partial charge in [0.15, 0.2) is 15.7 Å². The van der Waals surface area contributed by atoms with Crippen molar-refractivity contribution in [2.75, 3.05) is 37.3 Å². The number of nitrogens with one attached hydrogen (secondary N) is 1. The van der Waals surface area contributed by atoms with Gasteiger partial charge >= 0.3 is 0 Å². The molecule has 1 saturated heterocycles. The van der Waals surface area contributed by atoms with Crippen molar-refractivity contribution in [3.63, 3.8) is 0 Å². The highest BCUT2D eigenvalue weighted by atomic mass is 32.2. The summed E-state index contributed by atoms with van der Waals surface area (Å²) >= 11 is 0. The van der Waals surface area contributed by atoms with Crippen LogP contribution >= 0.6 is 0 Å². The third-order valence-electron chi connectivity index (χ3n) is 3.95. The number of anilines is 1. The molecule has 4 nitrogen and oxygen atoms in total. The number of nitrogens with zero attached hydrogens (tertiary/aromatic N) is 1. The minimum Gasteiger partial charge on any atom is -0.367 e. The average molecular weight is 298 g/mol. The van der Waals surface area contributed by atoms with Gasteiger partial charge in [0.25, 0.3) is 0 Å². The van der Waals surface area contributed by atoms with Gasteiger partial charge in [-0.1, -0.05) is 6.07 Å². The zero-order valence-corrected chi connectivity index (χ0v) is 12.3.